The SMILES string of the molecule is COc1ccc(/C=C2\C(=O)NC(=O)N(c3ccc(C)cc3C)C2=O)cc1OC. The zero-order valence-electron chi connectivity index (χ0n) is 16.0. The van der Waals surface area contributed by atoms with Crippen LogP contribution >= 0.6 is 0 Å². The fourth-order valence-corrected chi connectivity index (χ4v) is 3.04. The van der Waals surface area contributed by atoms with E-state index >= 15 is 0 Å². The van der Waals surface area contributed by atoms with E-state index in [1.807, 2.05) is 13.0 Å². The highest BCUT2D eigenvalue weighted by Crippen LogP contribution is 2.30. The molecule has 1 N–H and O–H groups in total. The predicted molar refractivity (Wildman–Crippen MR) is 104 cm³/mol. The maximum atomic E-state index is 13.0. The maximum absolute atomic E-state index is 13.0. The number of anilines is 1. The number of urea groups is 1. The van der Waals surface area contributed by atoms with Crippen LogP contribution in [0, 0.1) is 13.8 Å². The molecule has 0 aromatic heterocycles. The van der Waals surface area contributed by atoms with Crippen molar-refractivity contribution in [3.8, 4) is 11.5 Å². The van der Waals surface area contributed by atoms with Crippen molar-refractivity contribution in [3.05, 3.63) is 58.7 Å². The zero-order chi connectivity index (χ0) is 20.4. The summed E-state index contributed by atoms with van der Waals surface area (Å²) in [7, 11) is 3.01. The van der Waals surface area contributed by atoms with E-state index in [2.05, 4.69) is 5.32 Å². The average Bonchev–Trinajstić information content (AvgIpc) is 2.66. The Bertz CT molecular complexity index is 1010. The van der Waals surface area contributed by atoms with Gasteiger partial charge in [-0.05, 0) is 49.2 Å². The second kappa shape index (κ2) is 7.56. The van der Waals surface area contributed by atoms with E-state index < -0.39 is 17.8 Å². The number of benzene rings is 2. The van der Waals surface area contributed by atoms with Crippen LogP contribution in [0.25, 0.3) is 6.08 Å². The van der Waals surface area contributed by atoms with E-state index in [4.69, 9.17) is 9.47 Å². The standard InChI is InChI=1S/C21H20N2O5/c1-12-5-7-16(13(2)9-12)23-20(25)15(19(24)22-21(23)26)10-14-6-8-17(27-3)18(11-14)28-4/h5-11H,1-4H3,(H,22,24,26)/b15-10+. The van der Waals surface area contributed by atoms with E-state index in [0.29, 0.717) is 22.7 Å². The Morgan fingerprint density at radius 1 is 0.929 bits per heavy atom. The third-order valence-electron chi connectivity index (χ3n) is 4.41. The number of hydrogen-bond acceptors (Lipinski definition) is 5. The van der Waals surface area contributed by atoms with Crippen LogP contribution in [0.4, 0.5) is 10.5 Å². The second-order valence-electron chi connectivity index (χ2n) is 6.36. The van der Waals surface area contributed by atoms with Gasteiger partial charge in [-0.1, -0.05) is 23.8 Å². The van der Waals surface area contributed by atoms with Gasteiger partial charge in [0.1, 0.15) is 5.57 Å². The van der Waals surface area contributed by atoms with Crippen LogP contribution in [-0.2, 0) is 9.59 Å². The third kappa shape index (κ3) is 3.46. The Morgan fingerprint density at radius 3 is 2.29 bits per heavy atom. The molecule has 1 heterocycles. The van der Waals surface area contributed by atoms with E-state index in [9.17, 15) is 14.4 Å². The van der Waals surface area contributed by atoms with Gasteiger partial charge in [0.25, 0.3) is 11.8 Å². The molecule has 1 fully saturated rings. The first-order valence-electron chi connectivity index (χ1n) is 8.56. The largest absolute Gasteiger partial charge is 0.493 e. The minimum atomic E-state index is -0.772. The smallest absolute Gasteiger partial charge is 0.335 e. The van der Waals surface area contributed by atoms with Crippen LogP contribution in [0.2, 0.25) is 0 Å². The van der Waals surface area contributed by atoms with Gasteiger partial charge in [-0.15, -0.1) is 0 Å². The molecule has 1 saturated heterocycles. The van der Waals surface area contributed by atoms with Crippen LogP contribution < -0.4 is 19.7 Å². The lowest BCUT2D eigenvalue weighted by Gasteiger charge is -2.27. The molecule has 2 aromatic rings. The van der Waals surface area contributed by atoms with Gasteiger partial charge in [-0.25, -0.2) is 9.69 Å². The molecule has 2 aromatic carbocycles. The van der Waals surface area contributed by atoms with Crippen LogP contribution in [0.15, 0.2) is 42.0 Å². The molecule has 1 aliphatic heterocycles. The van der Waals surface area contributed by atoms with Crippen LogP contribution in [-0.4, -0.2) is 32.1 Å². The molecule has 28 heavy (non-hydrogen) atoms. The number of methoxy groups -OCH3 is 2. The molecular weight excluding hydrogens is 360 g/mol. The minimum absolute atomic E-state index is 0.146. The van der Waals surface area contributed by atoms with Gasteiger partial charge in [0, 0.05) is 0 Å². The van der Waals surface area contributed by atoms with Gasteiger partial charge in [-0.2, -0.15) is 0 Å². The van der Waals surface area contributed by atoms with E-state index in [1.165, 1.54) is 20.3 Å². The summed E-state index contributed by atoms with van der Waals surface area (Å²) in [6.07, 6.45) is 1.42. The summed E-state index contributed by atoms with van der Waals surface area (Å²) in [6, 6.07) is 9.58. The third-order valence-corrected chi connectivity index (χ3v) is 4.41. The van der Waals surface area contributed by atoms with Crippen molar-refractivity contribution in [3.63, 3.8) is 0 Å². The number of rotatable bonds is 4. The minimum Gasteiger partial charge on any atom is -0.493 e. The fourth-order valence-electron chi connectivity index (χ4n) is 3.04. The zero-order valence-corrected chi connectivity index (χ0v) is 16.0. The number of amides is 4. The molecule has 0 spiro atoms. The predicted octanol–water partition coefficient (Wildman–Crippen LogP) is 2.99. The van der Waals surface area contributed by atoms with Gasteiger partial charge >= 0.3 is 6.03 Å². The molecule has 0 saturated carbocycles. The van der Waals surface area contributed by atoms with Crippen molar-refractivity contribution in [1.29, 1.82) is 0 Å². The molecule has 0 aliphatic carbocycles. The first kappa shape index (κ1) is 19.2. The maximum Gasteiger partial charge on any atom is 0.335 e. The molecule has 1 aliphatic rings. The number of nitrogens with one attached hydrogen (secondary N) is 1. The lowest BCUT2D eigenvalue weighted by atomic mass is 10.0. The monoisotopic (exact) mass is 380 g/mol. The van der Waals surface area contributed by atoms with Crippen molar-refractivity contribution < 1.29 is 23.9 Å². The van der Waals surface area contributed by atoms with Crippen molar-refractivity contribution in [2.24, 2.45) is 0 Å². The highest BCUT2D eigenvalue weighted by Gasteiger charge is 2.37. The molecule has 7 heteroatoms. The van der Waals surface area contributed by atoms with Crippen molar-refractivity contribution in [2.75, 3.05) is 19.1 Å². The number of hydrogen-bond donors (Lipinski definition) is 1. The summed E-state index contributed by atoms with van der Waals surface area (Å²) in [5.41, 5.74) is 2.60. The molecule has 7 nitrogen and oxygen atoms in total. The molecule has 4 amide bonds. The normalized spacial score (nSPS) is 15.6. The Kier molecular flexibility index (Phi) is 5.17. The quantitative estimate of drug-likeness (QED) is 0.651. The highest BCUT2D eigenvalue weighted by atomic mass is 16.5. The first-order valence-corrected chi connectivity index (χ1v) is 8.56. The number of nitrogens with zero attached hydrogens (tertiary/aromatic N) is 1. The number of barbiturate groups is 1. The Labute approximate surface area is 162 Å². The molecule has 0 unspecified atom stereocenters. The summed E-state index contributed by atoms with van der Waals surface area (Å²) < 4.78 is 10.4. The summed E-state index contributed by atoms with van der Waals surface area (Å²) >= 11 is 0. The summed E-state index contributed by atoms with van der Waals surface area (Å²) in [5, 5.41) is 2.22. The van der Waals surface area contributed by atoms with Crippen molar-refractivity contribution >= 4 is 29.6 Å². The van der Waals surface area contributed by atoms with Gasteiger partial charge in [0.2, 0.25) is 0 Å². The lowest BCUT2D eigenvalue weighted by molar-refractivity contribution is -0.122. The molecule has 0 bridgehead atoms. The number of carbonyl (C=O) groups is 3. The van der Waals surface area contributed by atoms with Gasteiger partial charge < -0.3 is 9.47 Å². The van der Waals surface area contributed by atoms with Crippen LogP contribution in [0.5, 0.6) is 11.5 Å². The summed E-state index contributed by atoms with van der Waals surface area (Å²) in [5.74, 6) is -0.444. The number of imide groups is 2. The second-order valence-corrected chi connectivity index (χ2v) is 6.36. The lowest BCUT2D eigenvalue weighted by Crippen LogP contribution is -2.54. The van der Waals surface area contributed by atoms with E-state index in [1.54, 1.807) is 37.3 Å². The van der Waals surface area contributed by atoms with E-state index in [-0.39, 0.29) is 5.57 Å². The van der Waals surface area contributed by atoms with Gasteiger partial charge in [0.15, 0.2) is 11.5 Å². The summed E-state index contributed by atoms with van der Waals surface area (Å²) in [6.45, 7) is 3.72. The Hall–Kier alpha value is -3.61. The summed E-state index contributed by atoms with van der Waals surface area (Å²) in [4.78, 5) is 38.6. The van der Waals surface area contributed by atoms with Gasteiger partial charge in [0.05, 0.1) is 19.9 Å². The average molecular weight is 380 g/mol. The van der Waals surface area contributed by atoms with Crippen molar-refractivity contribution in [1.82, 2.24) is 5.32 Å². The number of aryl methyl sites for hydroxylation is 2. The highest BCUT2D eigenvalue weighted by molar-refractivity contribution is 6.39. The molecule has 3 rings (SSSR count). The molecule has 0 radical (unpaired) electrons. The van der Waals surface area contributed by atoms with Crippen LogP contribution in [0.3, 0.4) is 0 Å². The number of ether oxygens (including phenoxy) is 2. The first-order chi connectivity index (χ1) is 13.3. The molecular formula is C21H20N2O5. The Morgan fingerprint density at radius 2 is 1.64 bits per heavy atom. The topological polar surface area (TPSA) is 84.9 Å². The molecule has 0 atom stereocenters. The van der Waals surface area contributed by atoms with Crippen molar-refractivity contribution in [2.45, 2.75) is 13.8 Å². The van der Waals surface area contributed by atoms with Crippen LogP contribution in [0.1, 0.15) is 16.7 Å². The number of carbonyl (C=O) groups excluding carboxylic acids is 3. The Balaban J connectivity index is 2.04. The van der Waals surface area contributed by atoms with E-state index in [0.717, 1.165) is 16.0 Å². The fraction of sp³-hybridized carbons (Fsp3) is 0.190. The van der Waals surface area contributed by atoms with Gasteiger partial charge in [-0.3, -0.25) is 14.9 Å². The molecule has 144 valence electrons.